The zero-order chi connectivity index (χ0) is 19.4. The number of nitrogens with zero attached hydrogens (tertiary/aromatic N) is 2. The fourth-order valence-corrected chi connectivity index (χ4v) is 3.62. The summed E-state index contributed by atoms with van der Waals surface area (Å²) in [4.78, 5) is 31.0. The van der Waals surface area contributed by atoms with E-state index in [9.17, 15) is 9.59 Å². The molecule has 2 aromatic rings. The van der Waals surface area contributed by atoms with Crippen molar-refractivity contribution in [1.82, 2.24) is 4.98 Å². The molecule has 26 heavy (non-hydrogen) atoms. The van der Waals surface area contributed by atoms with Gasteiger partial charge in [0.1, 0.15) is 10.6 Å². The molecule has 2 amide bonds. The van der Waals surface area contributed by atoms with E-state index in [4.69, 9.17) is 16.3 Å². The van der Waals surface area contributed by atoms with Crippen molar-refractivity contribution < 1.29 is 14.3 Å². The number of nitrogens with one attached hydrogen (secondary N) is 1. The number of carbonyl (C=O) groups excluding carboxylic acids is 2. The van der Waals surface area contributed by atoms with Gasteiger partial charge in [0.15, 0.2) is 5.13 Å². The van der Waals surface area contributed by atoms with Crippen LogP contribution in [0.15, 0.2) is 18.2 Å². The molecule has 0 saturated heterocycles. The molecule has 0 radical (unpaired) electrons. The minimum atomic E-state index is -0.291. The third kappa shape index (κ3) is 4.74. The lowest BCUT2D eigenvalue weighted by atomic mass is 10.2. The summed E-state index contributed by atoms with van der Waals surface area (Å²) in [6, 6.07) is 5.01. The molecule has 6 nitrogen and oxygen atoms in total. The number of methoxy groups -OCH3 is 1. The molecule has 2 rings (SSSR count). The van der Waals surface area contributed by atoms with Gasteiger partial charge in [0.25, 0.3) is 5.91 Å². The van der Waals surface area contributed by atoms with E-state index < -0.39 is 0 Å². The molecule has 0 aliphatic rings. The molecule has 0 spiro atoms. The molecule has 0 unspecified atom stereocenters. The van der Waals surface area contributed by atoms with Crippen LogP contribution in [0.4, 0.5) is 10.8 Å². The maximum atomic E-state index is 12.6. The Balaban J connectivity index is 2.23. The van der Waals surface area contributed by atoms with Crippen LogP contribution >= 0.6 is 22.9 Å². The Bertz CT molecular complexity index is 820. The second kappa shape index (κ2) is 8.51. The van der Waals surface area contributed by atoms with Gasteiger partial charge in [0, 0.05) is 19.2 Å². The summed E-state index contributed by atoms with van der Waals surface area (Å²) in [7, 11) is 1.53. The van der Waals surface area contributed by atoms with Crippen molar-refractivity contribution in [2.75, 3.05) is 23.9 Å². The van der Waals surface area contributed by atoms with Gasteiger partial charge in [0.05, 0.1) is 17.8 Å². The van der Waals surface area contributed by atoms with Crippen LogP contribution in [-0.4, -0.2) is 30.5 Å². The zero-order valence-electron chi connectivity index (χ0n) is 15.4. The molecular formula is C18H22ClN3O3S. The first-order valence-corrected chi connectivity index (χ1v) is 9.32. The number of ether oxygens (including phenoxy) is 1. The van der Waals surface area contributed by atoms with E-state index in [2.05, 4.69) is 10.3 Å². The van der Waals surface area contributed by atoms with E-state index >= 15 is 0 Å². The van der Waals surface area contributed by atoms with Crippen LogP contribution in [0.2, 0.25) is 5.02 Å². The van der Waals surface area contributed by atoms with E-state index in [1.54, 1.807) is 30.0 Å². The van der Waals surface area contributed by atoms with Crippen LogP contribution in [0.1, 0.15) is 36.1 Å². The molecule has 1 heterocycles. The largest absolute Gasteiger partial charge is 0.495 e. The molecule has 1 aromatic carbocycles. The molecular weight excluding hydrogens is 374 g/mol. The quantitative estimate of drug-likeness (QED) is 0.788. The van der Waals surface area contributed by atoms with Gasteiger partial charge in [-0.05, 0) is 31.0 Å². The highest BCUT2D eigenvalue weighted by molar-refractivity contribution is 7.17. The van der Waals surface area contributed by atoms with Crippen molar-refractivity contribution in [2.45, 2.75) is 27.7 Å². The van der Waals surface area contributed by atoms with Crippen LogP contribution in [0.5, 0.6) is 5.75 Å². The Hall–Kier alpha value is -2.12. The SMILES string of the molecule is COc1ccc(NC(=O)c2sc(N(CC(C)C)C(C)=O)nc2C)cc1Cl. The van der Waals surface area contributed by atoms with Crippen LogP contribution < -0.4 is 15.0 Å². The van der Waals surface area contributed by atoms with Crippen molar-refractivity contribution >= 4 is 45.6 Å². The molecule has 0 aliphatic heterocycles. The number of aryl methyl sites for hydroxylation is 1. The van der Waals surface area contributed by atoms with E-state index in [-0.39, 0.29) is 11.8 Å². The average molecular weight is 396 g/mol. The number of hydrogen-bond acceptors (Lipinski definition) is 5. The number of hydrogen-bond donors (Lipinski definition) is 1. The number of rotatable bonds is 6. The summed E-state index contributed by atoms with van der Waals surface area (Å²) >= 11 is 7.29. The van der Waals surface area contributed by atoms with E-state index in [1.165, 1.54) is 25.4 Å². The maximum Gasteiger partial charge on any atom is 0.267 e. The Morgan fingerprint density at radius 2 is 2.08 bits per heavy atom. The summed E-state index contributed by atoms with van der Waals surface area (Å²) in [6.45, 7) is 7.86. The number of benzene rings is 1. The number of halogens is 1. The molecule has 140 valence electrons. The van der Waals surface area contributed by atoms with Gasteiger partial charge in [-0.2, -0.15) is 0 Å². The van der Waals surface area contributed by atoms with Crippen molar-refractivity contribution in [3.63, 3.8) is 0 Å². The van der Waals surface area contributed by atoms with Gasteiger partial charge in [-0.15, -0.1) is 0 Å². The van der Waals surface area contributed by atoms with Gasteiger partial charge in [-0.3, -0.25) is 14.5 Å². The molecule has 0 aliphatic carbocycles. The molecule has 8 heteroatoms. The predicted molar refractivity (Wildman–Crippen MR) is 106 cm³/mol. The molecule has 0 saturated carbocycles. The Morgan fingerprint density at radius 1 is 1.38 bits per heavy atom. The number of amides is 2. The van der Waals surface area contributed by atoms with Crippen LogP contribution in [-0.2, 0) is 4.79 Å². The molecule has 0 atom stereocenters. The predicted octanol–water partition coefficient (Wildman–Crippen LogP) is 4.37. The normalized spacial score (nSPS) is 10.7. The first-order chi connectivity index (χ1) is 12.2. The molecule has 0 bridgehead atoms. The highest BCUT2D eigenvalue weighted by Crippen LogP contribution is 2.30. The summed E-state index contributed by atoms with van der Waals surface area (Å²) in [5.74, 6) is 0.440. The lowest BCUT2D eigenvalue weighted by Gasteiger charge is -2.19. The number of aromatic nitrogens is 1. The fourth-order valence-electron chi connectivity index (χ4n) is 2.35. The van der Waals surface area contributed by atoms with Gasteiger partial charge >= 0.3 is 0 Å². The van der Waals surface area contributed by atoms with Crippen molar-refractivity contribution in [2.24, 2.45) is 5.92 Å². The zero-order valence-corrected chi connectivity index (χ0v) is 17.0. The van der Waals surface area contributed by atoms with Crippen molar-refractivity contribution in [3.05, 3.63) is 33.8 Å². The van der Waals surface area contributed by atoms with Gasteiger partial charge < -0.3 is 10.1 Å². The topological polar surface area (TPSA) is 71.5 Å². The minimum Gasteiger partial charge on any atom is -0.495 e. The maximum absolute atomic E-state index is 12.6. The lowest BCUT2D eigenvalue weighted by molar-refractivity contribution is -0.116. The Morgan fingerprint density at radius 3 is 2.62 bits per heavy atom. The van der Waals surface area contributed by atoms with Crippen molar-refractivity contribution in [3.8, 4) is 5.75 Å². The standard InChI is InChI=1S/C18H22ClN3O3S/c1-10(2)9-22(12(4)23)18-20-11(3)16(26-18)17(24)21-13-6-7-15(25-5)14(19)8-13/h6-8,10H,9H2,1-5H3,(H,21,24). The van der Waals surface area contributed by atoms with E-state index in [0.29, 0.717) is 44.6 Å². The number of anilines is 2. The number of thiazole rings is 1. The monoisotopic (exact) mass is 395 g/mol. The average Bonchev–Trinajstić information content (AvgIpc) is 2.94. The Labute approximate surface area is 162 Å². The summed E-state index contributed by atoms with van der Waals surface area (Å²) in [6.07, 6.45) is 0. The van der Waals surface area contributed by atoms with Crippen LogP contribution in [0.3, 0.4) is 0 Å². The van der Waals surface area contributed by atoms with Gasteiger partial charge in [-0.1, -0.05) is 36.8 Å². The number of carbonyl (C=O) groups is 2. The summed E-state index contributed by atoms with van der Waals surface area (Å²) < 4.78 is 5.10. The fraction of sp³-hybridized carbons (Fsp3) is 0.389. The second-order valence-corrected chi connectivity index (χ2v) is 7.62. The highest BCUT2D eigenvalue weighted by atomic mass is 35.5. The highest BCUT2D eigenvalue weighted by Gasteiger charge is 2.22. The molecule has 1 aromatic heterocycles. The van der Waals surface area contributed by atoms with Crippen molar-refractivity contribution in [1.29, 1.82) is 0 Å². The first-order valence-electron chi connectivity index (χ1n) is 8.13. The minimum absolute atomic E-state index is 0.0960. The summed E-state index contributed by atoms with van der Waals surface area (Å²) in [5, 5.41) is 3.74. The molecule has 1 N–H and O–H groups in total. The van der Waals surface area contributed by atoms with Gasteiger partial charge in [0.2, 0.25) is 5.91 Å². The third-order valence-corrected chi connectivity index (χ3v) is 5.03. The smallest absolute Gasteiger partial charge is 0.267 e. The lowest BCUT2D eigenvalue weighted by Crippen LogP contribution is -2.32. The van der Waals surface area contributed by atoms with Gasteiger partial charge in [-0.25, -0.2) is 4.98 Å². The second-order valence-electron chi connectivity index (χ2n) is 6.24. The van der Waals surface area contributed by atoms with Crippen LogP contribution in [0, 0.1) is 12.8 Å². The Kier molecular flexibility index (Phi) is 6.61. The van der Waals surface area contributed by atoms with Crippen LogP contribution in [0.25, 0.3) is 0 Å². The first kappa shape index (κ1) is 20.2. The molecule has 0 fully saturated rings. The van der Waals surface area contributed by atoms with E-state index in [0.717, 1.165) is 0 Å². The summed E-state index contributed by atoms with van der Waals surface area (Å²) in [5.41, 5.74) is 1.14. The van der Waals surface area contributed by atoms with E-state index in [1.807, 2.05) is 13.8 Å². The third-order valence-electron chi connectivity index (χ3n) is 3.56.